The molecule has 0 spiro atoms. The zero-order valence-electron chi connectivity index (χ0n) is 9.32. The van der Waals surface area contributed by atoms with E-state index in [1.807, 2.05) is 25.1 Å². The number of anilines is 1. The molecule has 0 saturated carbocycles. The third kappa shape index (κ3) is 2.70. The van der Waals surface area contributed by atoms with Crippen molar-refractivity contribution in [3.05, 3.63) is 38.8 Å². The van der Waals surface area contributed by atoms with Crippen molar-refractivity contribution in [2.24, 2.45) is 0 Å². The number of nitrogens with zero attached hydrogens (tertiary/aromatic N) is 2. The Morgan fingerprint density at radius 3 is 2.76 bits per heavy atom. The number of carbonyl (C=O) groups excluding carboxylic acids is 1. The van der Waals surface area contributed by atoms with E-state index < -0.39 is 0 Å². The average molecular weight is 312 g/mol. The third-order valence-electron chi connectivity index (χ3n) is 2.29. The van der Waals surface area contributed by atoms with E-state index in [0.29, 0.717) is 10.6 Å². The van der Waals surface area contributed by atoms with Crippen molar-refractivity contribution >= 4 is 39.1 Å². The van der Waals surface area contributed by atoms with E-state index in [1.165, 1.54) is 0 Å². The van der Waals surface area contributed by atoms with Crippen molar-refractivity contribution in [1.82, 2.24) is 9.59 Å². The zero-order chi connectivity index (χ0) is 12.4. The quantitative estimate of drug-likeness (QED) is 0.926. The Morgan fingerprint density at radius 2 is 2.18 bits per heavy atom. The summed E-state index contributed by atoms with van der Waals surface area (Å²) in [5.41, 5.74) is 2.53. The van der Waals surface area contributed by atoms with Gasteiger partial charge in [-0.25, -0.2) is 0 Å². The van der Waals surface area contributed by atoms with E-state index in [0.717, 1.165) is 27.3 Å². The summed E-state index contributed by atoms with van der Waals surface area (Å²) < 4.78 is 4.70. The monoisotopic (exact) mass is 311 g/mol. The van der Waals surface area contributed by atoms with Crippen LogP contribution in [-0.2, 0) is 0 Å². The van der Waals surface area contributed by atoms with Gasteiger partial charge < -0.3 is 5.32 Å². The van der Waals surface area contributed by atoms with Gasteiger partial charge in [-0.2, -0.15) is 0 Å². The van der Waals surface area contributed by atoms with Crippen LogP contribution in [-0.4, -0.2) is 15.5 Å². The first-order valence-corrected chi connectivity index (χ1v) is 6.51. The maximum atomic E-state index is 11.9. The van der Waals surface area contributed by atoms with Crippen molar-refractivity contribution in [2.45, 2.75) is 13.8 Å². The predicted octanol–water partition coefficient (Wildman–Crippen LogP) is 3.17. The SMILES string of the molecule is Cc1ccc(NC(=O)c2snnc2C)cc1Br. The summed E-state index contributed by atoms with van der Waals surface area (Å²) >= 11 is 4.53. The third-order valence-corrected chi connectivity index (χ3v) is 3.97. The topological polar surface area (TPSA) is 54.9 Å². The molecule has 6 heteroatoms. The normalized spacial score (nSPS) is 10.3. The van der Waals surface area contributed by atoms with E-state index in [1.54, 1.807) is 6.92 Å². The summed E-state index contributed by atoms with van der Waals surface area (Å²) in [6, 6.07) is 5.68. The maximum Gasteiger partial charge on any atom is 0.269 e. The number of benzene rings is 1. The molecule has 2 aromatic rings. The van der Waals surface area contributed by atoms with E-state index in [-0.39, 0.29) is 5.91 Å². The van der Waals surface area contributed by atoms with Gasteiger partial charge in [0.2, 0.25) is 0 Å². The Labute approximate surface area is 111 Å². The number of aromatic nitrogens is 2. The molecule has 88 valence electrons. The number of nitrogens with one attached hydrogen (secondary N) is 1. The van der Waals surface area contributed by atoms with Gasteiger partial charge in [-0.15, -0.1) is 5.10 Å². The molecule has 1 aromatic heterocycles. The number of rotatable bonds is 2. The fourth-order valence-corrected chi connectivity index (χ4v) is 2.23. The largest absolute Gasteiger partial charge is 0.321 e. The van der Waals surface area contributed by atoms with Crippen LogP contribution in [0.3, 0.4) is 0 Å². The van der Waals surface area contributed by atoms with Crippen LogP contribution < -0.4 is 5.32 Å². The Kier molecular flexibility index (Phi) is 3.54. The molecule has 0 aliphatic rings. The fraction of sp³-hybridized carbons (Fsp3) is 0.182. The highest BCUT2D eigenvalue weighted by atomic mass is 79.9. The lowest BCUT2D eigenvalue weighted by Crippen LogP contribution is -2.11. The molecule has 0 atom stereocenters. The lowest BCUT2D eigenvalue weighted by molar-refractivity contribution is 0.103. The summed E-state index contributed by atoms with van der Waals surface area (Å²) in [5, 5.41) is 6.62. The van der Waals surface area contributed by atoms with Gasteiger partial charge in [0.05, 0.1) is 5.69 Å². The van der Waals surface area contributed by atoms with Crippen molar-refractivity contribution in [1.29, 1.82) is 0 Å². The molecule has 1 N–H and O–H groups in total. The van der Waals surface area contributed by atoms with Gasteiger partial charge in [0.15, 0.2) is 0 Å². The highest BCUT2D eigenvalue weighted by Crippen LogP contribution is 2.21. The summed E-state index contributed by atoms with van der Waals surface area (Å²) in [6.07, 6.45) is 0. The fourth-order valence-electron chi connectivity index (χ4n) is 1.30. The van der Waals surface area contributed by atoms with Crippen LogP contribution in [0.1, 0.15) is 20.9 Å². The summed E-state index contributed by atoms with van der Waals surface area (Å²) in [7, 11) is 0. The minimum Gasteiger partial charge on any atom is -0.321 e. The number of hydrogen-bond donors (Lipinski definition) is 1. The van der Waals surface area contributed by atoms with Gasteiger partial charge in [-0.05, 0) is 43.1 Å². The van der Waals surface area contributed by atoms with Crippen LogP contribution in [0.4, 0.5) is 5.69 Å². The van der Waals surface area contributed by atoms with Crippen LogP contribution in [0, 0.1) is 13.8 Å². The second-order valence-corrected chi connectivity index (χ2v) is 5.21. The van der Waals surface area contributed by atoms with Gasteiger partial charge in [0.25, 0.3) is 5.91 Å². The van der Waals surface area contributed by atoms with Crippen molar-refractivity contribution in [3.8, 4) is 0 Å². The molecule has 2 rings (SSSR count). The van der Waals surface area contributed by atoms with Crippen LogP contribution >= 0.6 is 27.5 Å². The summed E-state index contributed by atoms with van der Waals surface area (Å²) in [4.78, 5) is 12.4. The second-order valence-electron chi connectivity index (χ2n) is 3.61. The first-order chi connectivity index (χ1) is 8.08. The van der Waals surface area contributed by atoms with Crippen LogP contribution in [0.5, 0.6) is 0 Å². The highest BCUT2D eigenvalue weighted by Gasteiger charge is 2.13. The first kappa shape index (κ1) is 12.2. The Balaban J connectivity index is 2.19. The molecule has 0 aliphatic carbocycles. The molecular formula is C11H10BrN3OS. The smallest absolute Gasteiger partial charge is 0.269 e. The van der Waals surface area contributed by atoms with Crippen molar-refractivity contribution in [3.63, 3.8) is 0 Å². The van der Waals surface area contributed by atoms with E-state index in [9.17, 15) is 4.79 Å². The van der Waals surface area contributed by atoms with Crippen LogP contribution in [0.15, 0.2) is 22.7 Å². The van der Waals surface area contributed by atoms with Gasteiger partial charge in [0.1, 0.15) is 4.88 Å². The maximum absolute atomic E-state index is 11.9. The lowest BCUT2D eigenvalue weighted by Gasteiger charge is -2.05. The molecule has 4 nitrogen and oxygen atoms in total. The predicted molar refractivity (Wildman–Crippen MR) is 71.5 cm³/mol. The molecule has 0 radical (unpaired) electrons. The first-order valence-electron chi connectivity index (χ1n) is 4.94. The molecule has 0 unspecified atom stereocenters. The second kappa shape index (κ2) is 4.93. The van der Waals surface area contributed by atoms with E-state index in [4.69, 9.17) is 0 Å². The molecule has 1 aromatic carbocycles. The lowest BCUT2D eigenvalue weighted by atomic mass is 10.2. The minimum atomic E-state index is -0.173. The Hall–Kier alpha value is -1.27. The number of amides is 1. The molecule has 0 bridgehead atoms. The standard InChI is InChI=1S/C11H10BrN3OS/c1-6-3-4-8(5-9(6)12)13-11(16)10-7(2)14-15-17-10/h3-5H,1-2H3,(H,13,16). The minimum absolute atomic E-state index is 0.173. The molecule has 0 saturated heterocycles. The molecule has 1 amide bonds. The van der Waals surface area contributed by atoms with Crippen molar-refractivity contribution in [2.75, 3.05) is 5.32 Å². The van der Waals surface area contributed by atoms with Gasteiger partial charge >= 0.3 is 0 Å². The molecule has 17 heavy (non-hydrogen) atoms. The van der Waals surface area contributed by atoms with Crippen molar-refractivity contribution < 1.29 is 4.79 Å². The highest BCUT2D eigenvalue weighted by molar-refractivity contribution is 9.10. The van der Waals surface area contributed by atoms with Gasteiger partial charge in [-0.1, -0.05) is 26.5 Å². The number of halogens is 1. The van der Waals surface area contributed by atoms with Gasteiger partial charge in [-0.3, -0.25) is 4.79 Å². The number of aryl methyl sites for hydroxylation is 2. The summed E-state index contributed by atoms with van der Waals surface area (Å²) in [6.45, 7) is 3.76. The zero-order valence-corrected chi connectivity index (χ0v) is 11.7. The molecule has 1 heterocycles. The Morgan fingerprint density at radius 1 is 1.41 bits per heavy atom. The summed E-state index contributed by atoms with van der Waals surface area (Å²) in [5.74, 6) is -0.173. The van der Waals surface area contributed by atoms with Crippen LogP contribution in [0.2, 0.25) is 0 Å². The number of hydrogen-bond acceptors (Lipinski definition) is 4. The van der Waals surface area contributed by atoms with Crippen LogP contribution in [0.25, 0.3) is 0 Å². The van der Waals surface area contributed by atoms with E-state index in [2.05, 4.69) is 30.8 Å². The molecular weight excluding hydrogens is 302 g/mol. The van der Waals surface area contributed by atoms with E-state index >= 15 is 0 Å². The van der Waals surface area contributed by atoms with Gasteiger partial charge in [0, 0.05) is 10.2 Å². The number of carbonyl (C=O) groups is 1. The molecule has 0 aliphatic heterocycles. The average Bonchev–Trinajstić information content (AvgIpc) is 2.70. The molecule has 0 fully saturated rings. The Bertz CT molecular complexity index is 568.